The second-order valence-electron chi connectivity index (χ2n) is 7.73. The first-order valence-corrected chi connectivity index (χ1v) is 10.3. The number of aryl methyl sites for hydroxylation is 2. The molecule has 0 aliphatic rings. The first-order valence-electron chi connectivity index (χ1n) is 10.3. The van der Waals surface area contributed by atoms with E-state index in [1.54, 1.807) is 30.3 Å². The number of imidazole rings is 1. The fourth-order valence-electron chi connectivity index (χ4n) is 3.43. The van der Waals surface area contributed by atoms with Crippen molar-refractivity contribution in [3.63, 3.8) is 0 Å². The van der Waals surface area contributed by atoms with Crippen LogP contribution in [0.25, 0.3) is 23.0 Å². The zero-order valence-corrected chi connectivity index (χ0v) is 18.2. The minimum Gasteiger partial charge on any atom is -0.326 e. The number of amides is 2. The van der Waals surface area contributed by atoms with E-state index in [9.17, 15) is 9.59 Å². The van der Waals surface area contributed by atoms with Gasteiger partial charge < -0.3 is 10.6 Å². The van der Waals surface area contributed by atoms with Gasteiger partial charge in [-0.2, -0.15) is 0 Å². The van der Waals surface area contributed by atoms with Crippen molar-refractivity contribution in [2.75, 3.05) is 10.6 Å². The molecule has 2 aromatic carbocycles. The van der Waals surface area contributed by atoms with E-state index in [2.05, 4.69) is 22.8 Å². The first-order chi connectivity index (χ1) is 15.4. The largest absolute Gasteiger partial charge is 0.326 e. The van der Waals surface area contributed by atoms with Crippen LogP contribution in [-0.4, -0.2) is 21.2 Å². The Balaban J connectivity index is 1.61. The van der Waals surface area contributed by atoms with Gasteiger partial charge in [0.1, 0.15) is 5.65 Å². The van der Waals surface area contributed by atoms with Crippen molar-refractivity contribution in [2.45, 2.75) is 20.8 Å². The minimum atomic E-state index is -0.255. The standard InChI is InChI=1S/C26H24N4O2/c1-17-4-6-20(7-5-17)26-23(30-15-14-18(2)16-24(30)29-26)12-13-25(32)28-22-10-8-21(9-11-22)27-19(3)31/h4-16H,1-3H3,(H,27,31)(H,28,32)/b13-12+. The molecule has 0 saturated carbocycles. The molecule has 6 nitrogen and oxygen atoms in total. The van der Waals surface area contributed by atoms with Crippen molar-refractivity contribution in [3.05, 3.63) is 89.8 Å². The van der Waals surface area contributed by atoms with Gasteiger partial charge >= 0.3 is 0 Å². The summed E-state index contributed by atoms with van der Waals surface area (Å²) in [7, 11) is 0. The van der Waals surface area contributed by atoms with Crippen LogP contribution in [-0.2, 0) is 9.59 Å². The van der Waals surface area contributed by atoms with E-state index in [1.165, 1.54) is 18.6 Å². The number of fused-ring (bicyclic) bond motifs is 1. The van der Waals surface area contributed by atoms with Crippen LogP contribution >= 0.6 is 0 Å². The lowest BCUT2D eigenvalue weighted by atomic mass is 10.1. The van der Waals surface area contributed by atoms with Gasteiger partial charge in [-0.1, -0.05) is 29.8 Å². The molecule has 0 atom stereocenters. The molecular weight excluding hydrogens is 400 g/mol. The van der Waals surface area contributed by atoms with Crippen molar-refractivity contribution in [1.82, 2.24) is 9.38 Å². The molecule has 4 rings (SSSR count). The number of nitrogens with zero attached hydrogens (tertiary/aromatic N) is 2. The molecule has 0 bridgehead atoms. The van der Waals surface area contributed by atoms with E-state index in [4.69, 9.17) is 4.98 Å². The quantitative estimate of drug-likeness (QED) is 0.431. The SMILES string of the molecule is CC(=O)Nc1ccc(NC(=O)/C=C/c2c(-c3ccc(C)cc3)nc3cc(C)ccn23)cc1. The highest BCUT2D eigenvalue weighted by molar-refractivity contribution is 6.02. The predicted molar refractivity (Wildman–Crippen MR) is 129 cm³/mol. The number of nitrogens with one attached hydrogen (secondary N) is 2. The molecule has 160 valence electrons. The van der Waals surface area contributed by atoms with Gasteiger partial charge in [0.2, 0.25) is 11.8 Å². The van der Waals surface area contributed by atoms with Crippen LogP contribution in [0.15, 0.2) is 72.9 Å². The number of benzene rings is 2. The van der Waals surface area contributed by atoms with Crippen LogP contribution in [0.1, 0.15) is 23.7 Å². The number of hydrogen-bond acceptors (Lipinski definition) is 3. The predicted octanol–water partition coefficient (Wildman–Crippen LogP) is 5.23. The van der Waals surface area contributed by atoms with Crippen LogP contribution < -0.4 is 10.6 Å². The monoisotopic (exact) mass is 424 g/mol. The Morgan fingerprint density at radius 2 is 1.53 bits per heavy atom. The Labute approximate surface area is 186 Å². The Morgan fingerprint density at radius 3 is 2.19 bits per heavy atom. The highest BCUT2D eigenvalue weighted by atomic mass is 16.2. The highest BCUT2D eigenvalue weighted by Crippen LogP contribution is 2.26. The van der Waals surface area contributed by atoms with Crippen LogP contribution in [0.4, 0.5) is 11.4 Å². The zero-order chi connectivity index (χ0) is 22.7. The number of pyridine rings is 1. The second-order valence-corrected chi connectivity index (χ2v) is 7.73. The zero-order valence-electron chi connectivity index (χ0n) is 18.2. The Morgan fingerprint density at radius 1 is 0.875 bits per heavy atom. The summed E-state index contributed by atoms with van der Waals surface area (Å²) in [6.07, 6.45) is 5.25. The van der Waals surface area contributed by atoms with Crippen molar-refractivity contribution in [1.29, 1.82) is 0 Å². The molecule has 6 heteroatoms. The second kappa shape index (κ2) is 8.89. The lowest BCUT2D eigenvalue weighted by molar-refractivity contribution is -0.114. The molecule has 0 radical (unpaired) electrons. The third kappa shape index (κ3) is 4.75. The molecule has 0 unspecified atom stereocenters. The van der Waals surface area contributed by atoms with E-state index < -0.39 is 0 Å². The number of carbonyl (C=O) groups excluding carboxylic acids is 2. The average Bonchev–Trinajstić information content (AvgIpc) is 3.11. The molecule has 32 heavy (non-hydrogen) atoms. The van der Waals surface area contributed by atoms with Gasteiger partial charge in [-0.3, -0.25) is 14.0 Å². The number of anilines is 2. The minimum absolute atomic E-state index is 0.141. The van der Waals surface area contributed by atoms with Gasteiger partial charge in [-0.15, -0.1) is 0 Å². The molecule has 0 spiro atoms. The summed E-state index contributed by atoms with van der Waals surface area (Å²) in [5.74, 6) is -0.397. The average molecular weight is 425 g/mol. The summed E-state index contributed by atoms with van der Waals surface area (Å²) in [6, 6.07) is 19.2. The summed E-state index contributed by atoms with van der Waals surface area (Å²) in [4.78, 5) is 28.5. The van der Waals surface area contributed by atoms with Crippen LogP contribution in [0.5, 0.6) is 0 Å². The molecule has 0 aliphatic carbocycles. The Bertz CT molecular complexity index is 1320. The summed E-state index contributed by atoms with van der Waals surface area (Å²) in [6.45, 7) is 5.53. The number of hydrogen-bond donors (Lipinski definition) is 2. The van der Waals surface area contributed by atoms with Crippen molar-refractivity contribution in [2.24, 2.45) is 0 Å². The van der Waals surface area contributed by atoms with Crippen molar-refractivity contribution >= 4 is 34.9 Å². The molecule has 0 aliphatic heterocycles. The lowest BCUT2D eigenvalue weighted by Gasteiger charge is -2.05. The van der Waals surface area contributed by atoms with Gasteiger partial charge in [0.15, 0.2) is 0 Å². The van der Waals surface area contributed by atoms with Crippen molar-refractivity contribution < 1.29 is 9.59 Å². The number of aromatic nitrogens is 2. The van der Waals surface area contributed by atoms with Gasteiger partial charge in [0.25, 0.3) is 0 Å². The third-order valence-electron chi connectivity index (χ3n) is 5.01. The Kier molecular flexibility index (Phi) is 5.85. The Hall–Kier alpha value is -4.19. The maximum Gasteiger partial charge on any atom is 0.248 e. The fraction of sp³-hybridized carbons (Fsp3) is 0.115. The lowest BCUT2D eigenvalue weighted by Crippen LogP contribution is -2.09. The van der Waals surface area contributed by atoms with Crippen LogP contribution in [0, 0.1) is 13.8 Å². The van der Waals surface area contributed by atoms with E-state index in [0.29, 0.717) is 11.4 Å². The maximum absolute atomic E-state index is 12.6. The topological polar surface area (TPSA) is 75.5 Å². The number of carbonyl (C=O) groups is 2. The smallest absolute Gasteiger partial charge is 0.248 e. The highest BCUT2D eigenvalue weighted by Gasteiger charge is 2.12. The molecule has 0 saturated heterocycles. The number of rotatable bonds is 5. The molecule has 2 aromatic heterocycles. The van der Waals surface area contributed by atoms with Gasteiger partial charge in [-0.05, 0) is 61.9 Å². The van der Waals surface area contributed by atoms with Gasteiger partial charge in [0, 0.05) is 36.1 Å². The molecule has 2 amide bonds. The maximum atomic E-state index is 12.6. The summed E-state index contributed by atoms with van der Waals surface area (Å²) in [5.41, 5.74) is 7.08. The van der Waals surface area contributed by atoms with Gasteiger partial charge in [0.05, 0.1) is 11.4 Å². The summed E-state index contributed by atoms with van der Waals surface area (Å²) >= 11 is 0. The summed E-state index contributed by atoms with van der Waals surface area (Å²) in [5, 5.41) is 5.54. The molecule has 2 heterocycles. The van der Waals surface area contributed by atoms with E-state index in [-0.39, 0.29) is 11.8 Å². The summed E-state index contributed by atoms with van der Waals surface area (Å²) < 4.78 is 1.98. The van der Waals surface area contributed by atoms with Crippen LogP contribution in [0.2, 0.25) is 0 Å². The van der Waals surface area contributed by atoms with Crippen LogP contribution in [0.3, 0.4) is 0 Å². The van der Waals surface area contributed by atoms with E-state index in [0.717, 1.165) is 28.2 Å². The van der Waals surface area contributed by atoms with E-state index >= 15 is 0 Å². The van der Waals surface area contributed by atoms with Gasteiger partial charge in [-0.25, -0.2) is 4.98 Å². The molecular formula is C26H24N4O2. The molecule has 4 aromatic rings. The molecule has 2 N–H and O–H groups in total. The first kappa shape index (κ1) is 21.1. The normalized spacial score (nSPS) is 11.1. The molecule has 0 fully saturated rings. The fourth-order valence-corrected chi connectivity index (χ4v) is 3.43. The van der Waals surface area contributed by atoms with Crippen molar-refractivity contribution in [3.8, 4) is 11.3 Å². The van der Waals surface area contributed by atoms with E-state index in [1.807, 2.05) is 48.7 Å². The third-order valence-corrected chi connectivity index (χ3v) is 5.01.